The molecule has 0 heterocycles. The molecule has 0 saturated carbocycles. The van der Waals surface area contributed by atoms with E-state index >= 15 is 0 Å². The fourth-order valence-electron chi connectivity index (χ4n) is 1.09. The highest BCUT2D eigenvalue weighted by molar-refractivity contribution is 14.1. The minimum absolute atomic E-state index is 0.248. The predicted molar refractivity (Wildman–Crippen MR) is 75.8 cm³/mol. The van der Waals surface area contributed by atoms with Crippen LogP contribution in [0.15, 0.2) is 24.3 Å². The number of ether oxygens (including phenoxy) is 2. The SMILES string of the molecule is COc1ccc(COC(C)(CCl)CI)cc1. The summed E-state index contributed by atoms with van der Waals surface area (Å²) in [6, 6.07) is 7.86. The van der Waals surface area contributed by atoms with Gasteiger partial charge in [0.2, 0.25) is 0 Å². The van der Waals surface area contributed by atoms with Crippen LogP contribution in [0, 0.1) is 0 Å². The fraction of sp³-hybridized carbons (Fsp3) is 0.500. The number of halogens is 2. The summed E-state index contributed by atoms with van der Waals surface area (Å²) in [5, 5.41) is 0. The quantitative estimate of drug-likeness (QED) is 0.573. The molecule has 16 heavy (non-hydrogen) atoms. The van der Waals surface area contributed by atoms with Crippen LogP contribution in [0.5, 0.6) is 5.75 Å². The van der Waals surface area contributed by atoms with Gasteiger partial charge >= 0.3 is 0 Å². The molecule has 0 aliphatic rings. The van der Waals surface area contributed by atoms with E-state index in [0.29, 0.717) is 12.5 Å². The summed E-state index contributed by atoms with van der Waals surface area (Å²) in [5.74, 6) is 1.37. The Morgan fingerprint density at radius 1 is 1.31 bits per heavy atom. The molecule has 1 unspecified atom stereocenters. The lowest BCUT2D eigenvalue weighted by molar-refractivity contribution is -0.00642. The topological polar surface area (TPSA) is 18.5 Å². The fourth-order valence-corrected chi connectivity index (χ4v) is 2.07. The Bertz CT molecular complexity index is 309. The Hall–Kier alpha value is -0.000000000000000167. The number of methoxy groups -OCH3 is 1. The van der Waals surface area contributed by atoms with Crippen LogP contribution in [0.1, 0.15) is 12.5 Å². The Balaban J connectivity index is 2.54. The number of hydrogen-bond acceptors (Lipinski definition) is 2. The van der Waals surface area contributed by atoms with Crippen LogP contribution in [-0.2, 0) is 11.3 Å². The molecule has 1 aromatic rings. The second kappa shape index (κ2) is 6.67. The summed E-state index contributed by atoms with van der Waals surface area (Å²) in [7, 11) is 1.66. The van der Waals surface area contributed by atoms with Crippen molar-refractivity contribution in [3.05, 3.63) is 29.8 Å². The average Bonchev–Trinajstić information content (AvgIpc) is 2.36. The van der Waals surface area contributed by atoms with Gasteiger partial charge in [0.25, 0.3) is 0 Å². The van der Waals surface area contributed by atoms with Gasteiger partial charge in [0, 0.05) is 4.43 Å². The molecule has 0 aromatic heterocycles. The smallest absolute Gasteiger partial charge is 0.118 e. The first-order valence-electron chi connectivity index (χ1n) is 5.02. The number of benzene rings is 1. The van der Waals surface area contributed by atoms with Gasteiger partial charge in [-0.2, -0.15) is 0 Å². The third-order valence-electron chi connectivity index (χ3n) is 2.31. The normalized spacial score (nSPS) is 14.5. The zero-order chi connectivity index (χ0) is 12.0. The second-order valence-corrected chi connectivity index (χ2v) is 4.88. The van der Waals surface area contributed by atoms with Crippen LogP contribution in [-0.4, -0.2) is 23.0 Å². The lowest BCUT2D eigenvalue weighted by Crippen LogP contribution is -2.32. The predicted octanol–water partition coefficient (Wildman–Crippen LogP) is 3.64. The van der Waals surface area contributed by atoms with E-state index < -0.39 is 0 Å². The molecule has 1 rings (SSSR count). The van der Waals surface area contributed by atoms with Crippen molar-refractivity contribution in [1.29, 1.82) is 0 Å². The maximum atomic E-state index is 5.87. The molecule has 4 heteroatoms. The second-order valence-electron chi connectivity index (χ2n) is 3.85. The minimum atomic E-state index is -0.248. The Labute approximate surface area is 115 Å². The largest absolute Gasteiger partial charge is 0.497 e. The van der Waals surface area contributed by atoms with E-state index in [1.165, 1.54) is 0 Å². The van der Waals surface area contributed by atoms with Crippen molar-refractivity contribution in [2.24, 2.45) is 0 Å². The molecule has 0 aliphatic heterocycles. The molecule has 0 N–H and O–H groups in total. The summed E-state index contributed by atoms with van der Waals surface area (Å²) in [6.45, 7) is 2.60. The first kappa shape index (κ1) is 14.1. The third kappa shape index (κ3) is 4.11. The molecule has 0 radical (unpaired) electrons. The molecule has 0 aliphatic carbocycles. The molecule has 1 aromatic carbocycles. The number of alkyl halides is 2. The van der Waals surface area contributed by atoms with Crippen molar-refractivity contribution in [2.75, 3.05) is 17.4 Å². The molecule has 0 amide bonds. The van der Waals surface area contributed by atoms with Gasteiger partial charge in [0.1, 0.15) is 5.75 Å². The van der Waals surface area contributed by atoms with E-state index in [0.717, 1.165) is 15.7 Å². The molecular formula is C12H16ClIO2. The van der Waals surface area contributed by atoms with Crippen molar-refractivity contribution in [3.8, 4) is 5.75 Å². The monoisotopic (exact) mass is 354 g/mol. The van der Waals surface area contributed by atoms with E-state index in [9.17, 15) is 0 Å². The summed E-state index contributed by atoms with van der Waals surface area (Å²) in [6.07, 6.45) is 0. The van der Waals surface area contributed by atoms with Gasteiger partial charge in [-0.15, -0.1) is 11.6 Å². The van der Waals surface area contributed by atoms with Crippen LogP contribution in [0.3, 0.4) is 0 Å². The molecule has 1 atom stereocenters. The van der Waals surface area contributed by atoms with Gasteiger partial charge in [0.15, 0.2) is 0 Å². The van der Waals surface area contributed by atoms with Gasteiger partial charge in [-0.05, 0) is 24.6 Å². The molecule has 2 nitrogen and oxygen atoms in total. The summed E-state index contributed by atoms with van der Waals surface area (Å²) in [4.78, 5) is 0. The highest BCUT2D eigenvalue weighted by Gasteiger charge is 2.22. The van der Waals surface area contributed by atoms with Gasteiger partial charge in [-0.3, -0.25) is 0 Å². The summed E-state index contributed by atoms with van der Waals surface area (Å²) in [5.41, 5.74) is 0.879. The zero-order valence-electron chi connectivity index (χ0n) is 9.50. The molecule has 0 fully saturated rings. The zero-order valence-corrected chi connectivity index (χ0v) is 12.4. The molecule has 90 valence electrons. The third-order valence-corrected chi connectivity index (χ3v) is 4.49. The molecular weight excluding hydrogens is 338 g/mol. The van der Waals surface area contributed by atoms with Gasteiger partial charge in [-0.25, -0.2) is 0 Å². The molecule has 0 spiro atoms. The Kier molecular flexibility index (Phi) is 5.86. The Morgan fingerprint density at radius 2 is 1.94 bits per heavy atom. The van der Waals surface area contributed by atoms with Crippen molar-refractivity contribution in [1.82, 2.24) is 0 Å². The Morgan fingerprint density at radius 3 is 2.38 bits per heavy atom. The van der Waals surface area contributed by atoms with Gasteiger partial charge < -0.3 is 9.47 Å². The first-order valence-corrected chi connectivity index (χ1v) is 7.08. The maximum Gasteiger partial charge on any atom is 0.118 e. The van der Waals surface area contributed by atoms with Crippen LogP contribution >= 0.6 is 34.2 Å². The van der Waals surface area contributed by atoms with Crippen LogP contribution in [0.4, 0.5) is 0 Å². The van der Waals surface area contributed by atoms with E-state index in [1.54, 1.807) is 7.11 Å². The number of rotatable bonds is 6. The maximum absolute atomic E-state index is 5.87. The van der Waals surface area contributed by atoms with E-state index in [1.807, 2.05) is 31.2 Å². The number of hydrogen-bond donors (Lipinski definition) is 0. The average molecular weight is 355 g/mol. The minimum Gasteiger partial charge on any atom is -0.497 e. The lowest BCUT2D eigenvalue weighted by atomic mass is 10.1. The van der Waals surface area contributed by atoms with Crippen molar-refractivity contribution < 1.29 is 9.47 Å². The first-order chi connectivity index (χ1) is 7.63. The highest BCUT2D eigenvalue weighted by Crippen LogP contribution is 2.19. The van der Waals surface area contributed by atoms with Crippen molar-refractivity contribution in [2.45, 2.75) is 19.1 Å². The van der Waals surface area contributed by atoms with E-state index in [-0.39, 0.29) is 5.60 Å². The van der Waals surface area contributed by atoms with E-state index in [2.05, 4.69) is 22.6 Å². The molecule has 0 bridgehead atoms. The van der Waals surface area contributed by atoms with Crippen molar-refractivity contribution >= 4 is 34.2 Å². The van der Waals surface area contributed by atoms with Crippen LogP contribution in [0.25, 0.3) is 0 Å². The van der Waals surface area contributed by atoms with Crippen LogP contribution < -0.4 is 4.74 Å². The lowest BCUT2D eigenvalue weighted by Gasteiger charge is -2.25. The summed E-state index contributed by atoms with van der Waals surface area (Å²) >= 11 is 8.16. The van der Waals surface area contributed by atoms with E-state index in [4.69, 9.17) is 21.1 Å². The molecule has 0 saturated heterocycles. The van der Waals surface area contributed by atoms with Crippen LogP contribution in [0.2, 0.25) is 0 Å². The summed E-state index contributed by atoms with van der Waals surface area (Å²) < 4.78 is 11.8. The standard InChI is InChI=1S/C12H16ClIO2/c1-12(8-13,9-14)16-7-10-3-5-11(15-2)6-4-10/h3-6H,7-9H2,1-2H3. The highest BCUT2D eigenvalue weighted by atomic mass is 127. The van der Waals surface area contributed by atoms with Crippen molar-refractivity contribution in [3.63, 3.8) is 0 Å². The van der Waals surface area contributed by atoms with Gasteiger partial charge in [-0.1, -0.05) is 34.7 Å². The van der Waals surface area contributed by atoms with Gasteiger partial charge in [0.05, 0.1) is 25.2 Å².